The second-order valence-electron chi connectivity index (χ2n) is 5.97. The van der Waals surface area contributed by atoms with Crippen LogP contribution in [-0.4, -0.2) is 30.3 Å². The lowest BCUT2D eigenvalue weighted by Crippen LogP contribution is -2.11. The molecule has 8 nitrogen and oxygen atoms in total. The molecule has 142 valence electrons. The Hall–Kier alpha value is -3.81. The molecular formula is C20H17N3O5. The minimum absolute atomic E-state index is 0.000864. The highest BCUT2D eigenvalue weighted by molar-refractivity contribution is 6.04. The maximum Gasteiger partial charge on any atom is 0.322 e. The van der Waals surface area contributed by atoms with Crippen molar-refractivity contribution in [1.29, 1.82) is 0 Å². The maximum atomic E-state index is 12.4. The molecule has 0 atom stereocenters. The van der Waals surface area contributed by atoms with Gasteiger partial charge in [0.25, 0.3) is 5.91 Å². The molecule has 0 saturated carbocycles. The number of hydrogen-bond donors (Lipinski definition) is 1. The van der Waals surface area contributed by atoms with E-state index in [4.69, 9.17) is 18.3 Å². The van der Waals surface area contributed by atoms with E-state index in [0.717, 1.165) is 16.7 Å². The van der Waals surface area contributed by atoms with Crippen LogP contribution in [-0.2, 0) is 6.42 Å². The predicted octanol–water partition coefficient (Wildman–Crippen LogP) is 3.68. The number of carbonyl (C=O) groups is 1. The van der Waals surface area contributed by atoms with Gasteiger partial charge in [0.05, 0.1) is 20.6 Å². The quantitative estimate of drug-likeness (QED) is 0.545. The Morgan fingerprint density at radius 1 is 1.04 bits per heavy atom. The van der Waals surface area contributed by atoms with Gasteiger partial charge in [-0.25, -0.2) is 0 Å². The normalized spacial score (nSPS) is 10.8. The Morgan fingerprint density at radius 3 is 2.61 bits per heavy atom. The van der Waals surface area contributed by atoms with E-state index in [9.17, 15) is 4.79 Å². The molecule has 0 aliphatic heterocycles. The highest BCUT2D eigenvalue weighted by atomic mass is 16.5. The number of ether oxygens (including phenoxy) is 2. The second kappa shape index (κ2) is 7.43. The van der Waals surface area contributed by atoms with Gasteiger partial charge in [-0.15, -0.1) is 5.10 Å². The van der Waals surface area contributed by atoms with Crippen molar-refractivity contribution in [3.05, 3.63) is 65.7 Å². The van der Waals surface area contributed by atoms with E-state index in [1.807, 2.05) is 36.4 Å². The van der Waals surface area contributed by atoms with E-state index in [-0.39, 0.29) is 11.8 Å². The molecule has 1 N–H and O–H groups in total. The van der Waals surface area contributed by atoms with Crippen LogP contribution in [0.25, 0.3) is 11.0 Å². The number of rotatable bonds is 6. The molecule has 0 bridgehead atoms. The molecule has 2 aromatic heterocycles. The van der Waals surface area contributed by atoms with Crippen molar-refractivity contribution in [3.63, 3.8) is 0 Å². The van der Waals surface area contributed by atoms with Crippen molar-refractivity contribution in [1.82, 2.24) is 10.2 Å². The summed E-state index contributed by atoms with van der Waals surface area (Å²) in [5.41, 5.74) is 1.48. The number of furan rings is 1. The molecule has 4 rings (SSSR count). The topological polar surface area (TPSA) is 99.6 Å². The third-order valence-corrected chi connectivity index (χ3v) is 4.15. The van der Waals surface area contributed by atoms with Crippen molar-refractivity contribution in [3.8, 4) is 11.5 Å². The Balaban J connectivity index is 1.46. The SMILES string of the molecule is COc1ccc(Cc2nnc(NC(=O)c3cc4cccc(OC)c4o3)o2)cc1. The molecule has 28 heavy (non-hydrogen) atoms. The van der Waals surface area contributed by atoms with Gasteiger partial charge < -0.3 is 18.3 Å². The van der Waals surface area contributed by atoms with Crippen molar-refractivity contribution >= 4 is 22.9 Å². The molecular weight excluding hydrogens is 362 g/mol. The molecule has 1 amide bonds. The van der Waals surface area contributed by atoms with E-state index < -0.39 is 5.91 Å². The van der Waals surface area contributed by atoms with Crippen LogP contribution in [0, 0.1) is 0 Å². The first kappa shape index (κ1) is 17.6. The molecule has 0 spiro atoms. The smallest absolute Gasteiger partial charge is 0.322 e. The Labute approximate surface area is 160 Å². The summed E-state index contributed by atoms with van der Waals surface area (Å²) in [7, 11) is 3.15. The number of benzene rings is 2. The van der Waals surface area contributed by atoms with Gasteiger partial charge in [0.2, 0.25) is 5.89 Å². The first-order valence-electron chi connectivity index (χ1n) is 8.49. The van der Waals surface area contributed by atoms with Gasteiger partial charge in [0, 0.05) is 5.39 Å². The molecule has 2 heterocycles. The lowest BCUT2D eigenvalue weighted by molar-refractivity contribution is 0.0995. The molecule has 4 aromatic rings. The molecule has 0 aliphatic carbocycles. The van der Waals surface area contributed by atoms with Crippen molar-refractivity contribution in [2.24, 2.45) is 0 Å². The van der Waals surface area contributed by atoms with Crippen molar-refractivity contribution in [2.75, 3.05) is 19.5 Å². The van der Waals surface area contributed by atoms with Crippen LogP contribution in [0.15, 0.2) is 57.4 Å². The number of anilines is 1. The average molecular weight is 379 g/mol. The number of aromatic nitrogens is 2. The summed E-state index contributed by atoms with van der Waals surface area (Å²) in [4.78, 5) is 12.4. The van der Waals surface area contributed by atoms with E-state index in [2.05, 4.69) is 15.5 Å². The molecule has 0 aliphatic rings. The van der Waals surface area contributed by atoms with Crippen molar-refractivity contribution < 1.29 is 23.1 Å². The van der Waals surface area contributed by atoms with Crippen LogP contribution in [0.5, 0.6) is 11.5 Å². The summed E-state index contributed by atoms with van der Waals surface area (Å²) in [6.07, 6.45) is 0.439. The third kappa shape index (κ3) is 3.52. The highest BCUT2D eigenvalue weighted by Crippen LogP contribution is 2.28. The van der Waals surface area contributed by atoms with Crippen LogP contribution in [0.2, 0.25) is 0 Å². The van der Waals surface area contributed by atoms with E-state index >= 15 is 0 Å². The van der Waals surface area contributed by atoms with Gasteiger partial charge in [0.1, 0.15) is 5.75 Å². The monoisotopic (exact) mass is 379 g/mol. The second-order valence-corrected chi connectivity index (χ2v) is 5.97. The van der Waals surface area contributed by atoms with Crippen LogP contribution >= 0.6 is 0 Å². The number of nitrogens with zero attached hydrogens (tertiary/aromatic N) is 2. The third-order valence-electron chi connectivity index (χ3n) is 4.15. The zero-order chi connectivity index (χ0) is 19.5. The number of methoxy groups -OCH3 is 2. The Morgan fingerprint density at radius 2 is 1.86 bits per heavy atom. The van der Waals surface area contributed by atoms with Gasteiger partial charge in [0.15, 0.2) is 17.1 Å². The molecule has 2 aromatic carbocycles. The number of amides is 1. The summed E-state index contributed by atoms with van der Waals surface area (Å²) in [5, 5.41) is 11.1. The summed E-state index contributed by atoms with van der Waals surface area (Å²) in [6, 6.07) is 14.6. The first-order valence-corrected chi connectivity index (χ1v) is 8.49. The zero-order valence-electron chi connectivity index (χ0n) is 15.3. The van der Waals surface area contributed by atoms with Crippen LogP contribution in [0.3, 0.4) is 0 Å². The summed E-state index contributed by atoms with van der Waals surface area (Å²) >= 11 is 0. The maximum absolute atomic E-state index is 12.4. The van der Waals surface area contributed by atoms with Gasteiger partial charge in [-0.2, -0.15) is 0 Å². The number of nitrogens with one attached hydrogen (secondary N) is 1. The lowest BCUT2D eigenvalue weighted by Gasteiger charge is -2.00. The van der Waals surface area contributed by atoms with Crippen molar-refractivity contribution in [2.45, 2.75) is 6.42 Å². The highest BCUT2D eigenvalue weighted by Gasteiger charge is 2.17. The average Bonchev–Trinajstić information content (AvgIpc) is 3.35. The molecule has 0 saturated heterocycles. The standard InChI is InChI=1S/C20H17N3O5/c1-25-14-8-6-12(7-9-14)10-17-22-23-20(28-17)21-19(24)16-11-13-4-3-5-15(26-2)18(13)27-16/h3-9,11H,10H2,1-2H3,(H,21,23,24). The summed E-state index contributed by atoms with van der Waals surface area (Å²) in [6.45, 7) is 0. The molecule has 8 heteroatoms. The van der Waals surface area contributed by atoms with Gasteiger partial charge in [-0.3, -0.25) is 10.1 Å². The van der Waals surface area contributed by atoms with E-state index in [1.165, 1.54) is 0 Å². The number of carbonyl (C=O) groups excluding carboxylic acids is 1. The molecule has 0 fully saturated rings. The summed E-state index contributed by atoms with van der Waals surface area (Å²) < 4.78 is 21.5. The van der Waals surface area contributed by atoms with Gasteiger partial charge in [-0.1, -0.05) is 29.4 Å². The largest absolute Gasteiger partial charge is 0.497 e. The van der Waals surface area contributed by atoms with E-state index in [1.54, 1.807) is 26.4 Å². The van der Waals surface area contributed by atoms with Crippen LogP contribution in [0.4, 0.5) is 6.01 Å². The number of para-hydroxylation sites is 1. The first-order chi connectivity index (χ1) is 13.7. The Kier molecular flexibility index (Phi) is 4.67. The fourth-order valence-corrected chi connectivity index (χ4v) is 2.76. The lowest BCUT2D eigenvalue weighted by atomic mass is 10.1. The minimum atomic E-state index is -0.488. The number of hydrogen-bond acceptors (Lipinski definition) is 7. The summed E-state index contributed by atoms with van der Waals surface area (Å²) in [5.74, 6) is 1.33. The molecule has 0 radical (unpaired) electrons. The van der Waals surface area contributed by atoms with Gasteiger partial charge >= 0.3 is 6.01 Å². The zero-order valence-corrected chi connectivity index (χ0v) is 15.3. The van der Waals surface area contributed by atoms with Gasteiger partial charge in [-0.05, 0) is 29.8 Å². The van der Waals surface area contributed by atoms with Crippen LogP contribution < -0.4 is 14.8 Å². The molecule has 0 unspecified atom stereocenters. The van der Waals surface area contributed by atoms with E-state index in [0.29, 0.717) is 23.6 Å². The fraction of sp³-hybridized carbons (Fsp3) is 0.150. The Bertz CT molecular complexity index is 1110. The number of fused-ring (bicyclic) bond motifs is 1. The predicted molar refractivity (Wildman–Crippen MR) is 101 cm³/mol. The minimum Gasteiger partial charge on any atom is -0.497 e. The fourth-order valence-electron chi connectivity index (χ4n) is 2.76. The van der Waals surface area contributed by atoms with Crippen LogP contribution in [0.1, 0.15) is 22.0 Å².